The molecule has 0 aliphatic carbocycles. The zero-order chi connectivity index (χ0) is 15.5. The first-order valence-electron chi connectivity index (χ1n) is 6.93. The Morgan fingerprint density at radius 3 is 2.59 bits per heavy atom. The third-order valence-electron chi connectivity index (χ3n) is 3.37. The third kappa shape index (κ3) is 2.33. The lowest BCUT2D eigenvalue weighted by molar-refractivity contribution is 0.0526. The normalized spacial score (nSPS) is 10.4. The van der Waals surface area contributed by atoms with E-state index in [0.29, 0.717) is 29.1 Å². The van der Waals surface area contributed by atoms with E-state index in [9.17, 15) is 10.1 Å². The van der Waals surface area contributed by atoms with Gasteiger partial charge in [0.25, 0.3) is 0 Å². The highest BCUT2D eigenvalue weighted by Gasteiger charge is 2.16. The van der Waals surface area contributed by atoms with Crippen LogP contribution in [-0.4, -0.2) is 12.6 Å². The van der Waals surface area contributed by atoms with Gasteiger partial charge in [-0.2, -0.15) is 5.26 Å². The van der Waals surface area contributed by atoms with Gasteiger partial charge in [0.15, 0.2) is 5.76 Å². The van der Waals surface area contributed by atoms with Crippen molar-refractivity contribution >= 4 is 16.9 Å². The molecule has 3 rings (SSSR count). The molecule has 1 heterocycles. The summed E-state index contributed by atoms with van der Waals surface area (Å²) in [5.74, 6) is 0.151. The van der Waals surface area contributed by atoms with Crippen molar-refractivity contribution in [2.24, 2.45) is 0 Å². The summed E-state index contributed by atoms with van der Waals surface area (Å²) in [6.07, 6.45) is 0. The number of para-hydroxylation sites is 1. The Morgan fingerprint density at radius 1 is 1.18 bits per heavy atom. The van der Waals surface area contributed by atoms with E-state index in [1.54, 1.807) is 31.2 Å². The monoisotopic (exact) mass is 291 g/mol. The Hall–Kier alpha value is -3.06. The van der Waals surface area contributed by atoms with Crippen LogP contribution >= 0.6 is 0 Å². The van der Waals surface area contributed by atoms with Crippen LogP contribution in [0.4, 0.5) is 0 Å². The Bertz CT molecular complexity index is 869. The number of nitrogens with zero attached hydrogens (tertiary/aromatic N) is 1. The number of furan rings is 1. The second-order valence-electron chi connectivity index (χ2n) is 4.71. The van der Waals surface area contributed by atoms with Crippen molar-refractivity contribution in [3.05, 3.63) is 59.7 Å². The van der Waals surface area contributed by atoms with E-state index in [4.69, 9.17) is 9.15 Å². The van der Waals surface area contributed by atoms with Gasteiger partial charge in [-0.1, -0.05) is 24.3 Å². The van der Waals surface area contributed by atoms with Gasteiger partial charge in [0.05, 0.1) is 12.2 Å². The zero-order valence-corrected chi connectivity index (χ0v) is 12.0. The molecule has 0 saturated carbocycles. The Balaban J connectivity index is 2.05. The number of fused-ring (bicyclic) bond motifs is 1. The first-order chi connectivity index (χ1) is 10.7. The molecule has 0 unspecified atom stereocenters. The molecule has 2 aromatic carbocycles. The topological polar surface area (TPSA) is 63.2 Å². The number of carbonyl (C=O) groups is 1. The lowest BCUT2D eigenvalue weighted by Gasteiger charge is -2.02. The molecule has 0 bridgehead atoms. The average molecular weight is 291 g/mol. The minimum atomic E-state index is -0.362. The molecule has 108 valence electrons. The molecule has 4 heteroatoms. The highest BCUT2D eigenvalue weighted by atomic mass is 16.5. The summed E-state index contributed by atoms with van der Waals surface area (Å²) in [4.78, 5) is 11.7. The van der Waals surface area contributed by atoms with Gasteiger partial charge in [-0.3, -0.25) is 0 Å². The van der Waals surface area contributed by atoms with Gasteiger partial charge >= 0.3 is 5.97 Å². The molecule has 0 aliphatic heterocycles. The number of hydrogen-bond donors (Lipinski definition) is 0. The molecule has 0 atom stereocenters. The summed E-state index contributed by atoms with van der Waals surface area (Å²) >= 11 is 0. The van der Waals surface area contributed by atoms with Gasteiger partial charge < -0.3 is 9.15 Å². The minimum absolute atomic E-state index is 0.336. The second-order valence-corrected chi connectivity index (χ2v) is 4.71. The number of rotatable bonds is 3. The maximum Gasteiger partial charge on any atom is 0.338 e. The highest BCUT2D eigenvalue weighted by Crippen LogP contribution is 2.33. The summed E-state index contributed by atoms with van der Waals surface area (Å²) in [5.41, 5.74) is 2.39. The standard InChI is InChI=1S/C18H13NO3/c1-2-21-18(20)13-9-7-12(8-10-13)17-15(11-19)14-5-3-4-6-16(14)22-17/h3-10H,2H2,1H3. The van der Waals surface area contributed by atoms with Crippen molar-refractivity contribution in [3.63, 3.8) is 0 Å². The molecule has 0 fully saturated rings. The predicted octanol–water partition coefficient (Wildman–Crippen LogP) is 4.15. The number of nitriles is 1. The van der Waals surface area contributed by atoms with Crippen LogP contribution in [0, 0.1) is 11.3 Å². The fourth-order valence-electron chi connectivity index (χ4n) is 2.33. The fraction of sp³-hybridized carbons (Fsp3) is 0.111. The Labute approximate surface area is 127 Å². The smallest absolute Gasteiger partial charge is 0.338 e. The van der Waals surface area contributed by atoms with Crippen molar-refractivity contribution in [2.45, 2.75) is 6.92 Å². The first kappa shape index (κ1) is 13.9. The summed E-state index contributed by atoms with van der Waals surface area (Å²) in [5, 5.41) is 10.2. The average Bonchev–Trinajstić information content (AvgIpc) is 2.93. The van der Waals surface area contributed by atoms with E-state index in [1.807, 2.05) is 24.3 Å². The Kier molecular flexibility index (Phi) is 3.63. The van der Waals surface area contributed by atoms with Crippen molar-refractivity contribution < 1.29 is 13.9 Å². The highest BCUT2D eigenvalue weighted by molar-refractivity contribution is 5.92. The van der Waals surface area contributed by atoms with E-state index in [2.05, 4.69) is 6.07 Å². The molecule has 22 heavy (non-hydrogen) atoms. The Morgan fingerprint density at radius 2 is 1.91 bits per heavy atom. The first-order valence-corrected chi connectivity index (χ1v) is 6.93. The van der Waals surface area contributed by atoms with E-state index >= 15 is 0 Å². The van der Waals surface area contributed by atoms with Crippen molar-refractivity contribution in [1.29, 1.82) is 5.26 Å². The molecule has 4 nitrogen and oxygen atoms in total. The van der Waals surface area contributed by atoms with E-state index in [0.717, 1.165) is 10.9 Å². The van der Waals surface area contributed by atoms with Crippen LogP contribution in [0.2, 0.25) is 0 Å². The largest absolute Gasteiger partial charge is 0.462 e. The van der Waals surface area contributed by atoms with Crippen LogP contribution in [0.1, 0.15) is 22.8 Å². The predicted molar refractivity (Wildman–Crippen MR) is 82.3 cm³/mol. The number of carbonyl (C=O) groups excluding carboxylic acids is 1. The molecule has 0 N–H and O–H groups in total. The van der Waals surface area contributed by atoms with Crippen LogP contribution in [0.15, 0.2) is 52.9 Å². The van der Waals surface area contributed by atoms with Gasteiger partial charge in [-0.15, -0.1) is 0 Å². The van der Waals surface area contributed by atoms with Gasteiger partial charge in [-0.25, -0.2) is 4.79 Å². The van der Waals surface area contributed by atoms with Crippen LogP contribution < -0.4 is 0 Å². The molecule has 0 amide bonds. The molecule has 0 aliphatic rings. The lowest BCUT2D eigenvalue weighted by atomic mass is 10.0. The fourth-order valence-corrected chi connectivity index (χ4v) is 2.33. The van der Waals surface area contributed by atoms with Crippen LogP contribution in [0.5, 0.6) is 0 Å². The van der Waals surface area contributed by atoms with E-state index < -0.39 is 0 Å². The quantitative estimate of drug-likeness (QED) is 0.680. The lowest BCUT2D eigenvalue weighted by Crippen LogP contribution is -2.03. The summed E-state index contributed by atoms with van der Waals surface area (Å²) in [7, 11) is 0. The molecule has 0 saturated heterocycles. The maximum absolute atomic E-state index is 11.7. The van der Waals surface area contributed by atoms with E-state index in [-0.39, 0.29) is 5.97 Å². The minimum Gasteiger partial charge on any atom is -0.462 e. The van der Waals surface area contributed by atoms with Gasteiger partial charge in [0.2, 0.25) is 0 Å². The van der Waals surface area contributed by atoms with Gasteiger partial charge in [-0.05, 0) is 31.2 Å². The van der Waals surface area contributed by atoms with E-state index in [1.165, 1.54) is 0 Å². The van der Waals surface area contributed by atoms with Crippen molar-refractivity contribution in [3.8, 4) is 17.4 Å². The van der Waals surface area contributed by atoms with Crippen LogP contribution in [0.25, 0.3) is 22.3 Å². The summed E-state index contributed by atoms with van der Waals surface area (Å²) < 4.78 is 10.7. The second kappa shape index (κ2) is 5.74. The molecule has 3 aromatic rings. The van der Waals surface area contributed by atoms with Gasteiger partial charge in [0, 0.05) is 10.9 Å². The van der Waals surface area contributed by atoms with Crippen molar-refractivity contribution in [1.82, 2.24) is 0 Å². The van der Waals surface area contributed by atoms with Crippen molar-refractivity contribution in [2.75, 3.05) is 6.61 Å². The number of hydrogen-bond acceptors (Lipinski definition) is 4. The SMILES string of the molecule is CCOC(=O)c1ccc(-c2oc3ccccc3c2C#N)cc1. The number of benzene rings is 2. The number of ether oxygens (including phenoxy) is 1. The summed E-state index contributed by atoms with van der Waals surface area (Å²) in [6.45, 7) is 2.10. The molecule has 1 aromatic heterocycles. The number of esters is 1. The van der Waals surface area contributed by atoms with Crippen LogP contribution in [0.3, 0.4) is 0 Å². The van der Waals surface area contributed by atoms with Gasteiger partial charge in [0.1, 0.15) is 17.2 Å². The third-order valence-corrected chi connectivity index (χ3v) is 3.37. The molecule has 0 spiro atoms. The van der Waals surface area contributed by atoms with Crippen LogP contribution in [-0.2, 0) is 4.74 Å². The zero-order valence-electron chi connectivity index (χ0n) is 12.0. The molecular formula is C18H13NO3. The summed E-state index contributed by atoms with van der Waals surface area (Å²) in [6, 6.07) is 16.4. The molecular weight excluding hydrogens is 278 g/mol. The molecule has 0 radical (unpaired) electrons. The maximum atomic E-state index is 11.7.